The summed E-state index contributed by atoms with van der Waals surface area (Å²) in [5, 5.41) is 84.0. The van der Waals surface area contributed by atoms with Crippen molar-refractivity contribution in [2.45, 2.75) is 130 Å². The Bertz CT molecular complexity index is 799. The molecule has 40 heavy (non-hydrogen) atoms. The van der Waals surface area contributed by atoms with E-state index in [1.165, 1.54) is 0 Å². The van der Waals surface area contributed by atoms with Crippen molar-refractivity contribution in [2.75, 3.05) is 19.8 Å². The van der Waals surface area contributed by atoms with E-state index in [9.17, 15) is 40.9 Å². The van der Waals surface area contributed by atoms with Crippen LogP contribution in [0.25, 0.3) is 0 Å². The first-order valence-electron chi connectivity index (χ1n) is 13.7. The van der Waals surface area contributed by atoms with E-state index in [4.69, 9.17) is 40.9 Å². The van der Waals surface area contributed by atoms with Gasteiger partial charge in [0.15, 0.2) is 18.9 Å². The van der Waals surface area contributed by atoms with E-state index in [-0.39, 0.29) is 12.8 Å². The van der Waals surface area contributed by atoms with Crippen LogP contribution in [0.2, 0.25) is 0 Å². The van der Waals surface area contributed by atoms with Crippen LogP contribution in [0.5, 0.6) is 0 Å². The van der Waals surface area contributed by atoms with Crippen molar-refractivity contribution in [3.8, 4) is 0 Å². The van der Waals surface area contributed by atoms with Crippen LogP contribution in [0.4, 0.5) is 0 Å². The summed E-state index contributed by atoms with van der Waals surface area (Å²) in [5.41, 5.74) is 14.6. The van der Waals surface area contributed by atoms with Crippen LogP contribution in [-0.4, -0.2) is 152 Å². The number of hydrogen-bond acceptors (Lipinski definition) is 16. The normalized spacial score (nSPS) is 50.2. The van der Waals surface area contributed by atoms with Gasteiger partial charge in [-0.15, -0.1) is 0 Å². The highest BCUT2D eigenvalue weighted by atomic mass is 16.7. The highest BCUT2D eigenvalue weighted by molar-refractivity contribution is 5.12. The highest BCUT2D eigenvalue weighted by Crippen LogP contribution is 2.44. The SMILES string of the molecule is CCC[C@]1(CO)O[C@H](OC2[C@@H](CO)O[C@@H](OC3[C@@H](CO)O[C@@H](O)[C@H](N)[C@H]3O)[C@H](N)[C@H]2O)[C@H](N)[C@@H](O)[C@@]1(O)CCC. The molecule has 236 valence electrons. The Morgan fingerprint density at radius 3 is 1.77 bits per heavy atom. The maximum absolute atomic E-state index is 11.5. The fraction of sp³-hybridized carbons (Fsp3) is 1.00. The summed E-state index contributed by atoms with van der Waals surface area (Å²) in [4.78, 5) is 0. The minimum atomic E-state index is -1.89. The predicted molar refractivity (Wildman–Crippen MR) is 135 cm³/mol. The third-order valence-corrected chi connectivity index (χ3v) is 8.24. The van der Waals surface area contributed by atoms with Crippen LogP contribution in [0.3, 0.4) is 0 Å². The third kappa shape index (κ3) is 6.05. The maximum atomic E-state index is 11.5. The lowest BCUT2D eigenvalue weighted by Crippen LogP contribution is -2.76. The second kappa shape index (κ2) is 13.8. The topological polar surface area (TPSA) is 286 Å². The second-order valence-corrected chi connectivity index (χ2v) is 10.9. The molecule has 0 aromatic heterocycles. The zero-order chi connectivity index (χ0) is 30.0. The third-order valence-electron chi connectivity index (χ3n) is 8.24. The molecule has 3 saturated heterocycles. The van der Waals surface area contributed by atoms with Gasteiger partial charge >= 0.3 is 0 Å². The molecule has 16 nitrogen and oxygen atoms in total. The summed E-state index contributed by atoms with van der Waals surface area (Å²) in [6.07, 6.45) is -13.1. The molecule has 0 aliphatic carbocycles. The Labute approximate surface area is 232 Å². The van der Waals surface area contributed by atoms with Crippen molar-refractivity contribution in [2.24, 2.45) is 17.2 Å². The van der Waals surface area contributed by atoms with Crippen molar-refractivity contribution < 1.29 is 64.5 Å². The fourth-order valence-electron chi connectivity index (χ4n) is 5.91. The Morgan fingerprint density at radius 1 is 0.725 bits per heavy atom. The highest BCUT2D eigenvalue weighted by Gasteiger charge is 2.63. The van der Waals surface area contributed by atoms with Crippen molar-refractivity contribution in [1.29, 1.82) is 0 Å². The van der Waals surface area contributed by atoms with E-state index >= 15 is 0 Å². The van der Waals surface area contributed by atoms with Gasteiger partial charge in [-0.25, -0.2) is 0 Å². The van der Waals surface area contributed by atoms with Crippen LogP contribution >= 0.6 is 0 Å². The molecule has 0 aromatic rings. The molecule has 3 aliphatic rings. The molecule has 0 saturated carbocycles. The van der Waals surface area contributed by atoms with Crippen molar-refractivity contribution in [3.63, 3.8) is 0 Å². The molecular weight excluding hydrogens is 538 g/mol. The summed E-state index contributed by atoms with van der Waals surface area (Å²) >= 11 is 0. The quantitative estimate of drug-likeness (QED) is 0.108. The number of rotatable bonds is 11. The monoisotopic (exact) mass is 585 g/mol. The average molecular weight is 586 g/mol. The number of nitrogens with two attached hydrogens (primary N) is 3. The van der Waals surface area contributed by atoms with Crippen LogP contribution in [0.1, 0.15) is 39.5 Å². The van der Waals surface area contributed by atoms with Gasteiger partial charge in [0, 0.05) is 0 Å². The molecule has 3 aliphatic heterocycles. The van der Waals surface area contributed by atoms with Crippen molar-refractivity contribution in [1.82, 2.24) is 0 Å². The molecule has 0 amide bonds. The Hall–Kier alpha value is -0.640. The second-order valence-electron chi connectivity index (χ2n) is 10.9. The van der Waals surface area contributed by atoms with Gasteiger partial charge in [-0.05, 0) is 12.8 Å². The Balaban J connectivity index is 1.81. The Morgan fingerprint density at radius 2 is 1.25 bits per heavy atom. The van der Waals surface area contributed by atoms with E-state index in [1.807, 2.05) is 6.92 Å². The average Bonchev–Trinajstić information content (AvgIpc) is 2.94. The van der Waals surface area contributed by atoms with E-state index < -0.39 is 111 Å². The molecule has 3 heterocycles. The first-order valence-corrected chi connectivity index (χ1v) is 13.7. The van der Waals surface area contributed by atoms with Crippen LogP contribution in [0, 0.1) is 0 Å². The molecule has 0 radical (unpaired) electrons. The van der Waals surface area contributed by atoms with Crippen LogP contribution in [-0.2, 0) is 23.7 Å². The largest absolute Gasteiger partial charge is 0.394 e. The predicted octanol–water partition coefficient (Wildman–Crippen LogP) is -5.33. The van der Waals surface area contributed by atoms with Gasteiger partial charge < -0.3 is 81.7 Å². The molecule has 16 heteroatoms. The summed E-state index contributed by atoms with van der Waals surface area (Å²) in [5.74, 6) is 0. The van der Waals surface area contributed by atoms with Crippen LogP contribution in [0.15, 0.2) is 0 Å². The maximum Gasteiger partial charge on any atom is 0.176 e. The smallest absolute Gasteiger partial charge is 0.176 e. The lowest BCUT2D eigenvalue weighted by Gasteiger charge is -2.57. The Kier molecular flexibility index (Phi) is 11.7. The van der Waals surface area contributed by atoms with E-state index in [1.54, 1.807) is 6.92 Å². The van der Waals surface area contributed by atoms with Gasteiger partial charge in [0.1, 0.15) is 53.9 Å². The molecule has 3 fully saturated rings. The summed E-state index contributed by atoms with van der Waals surface area (Å²) in [6.45, 7) is 1.60. The van der Waals surface area contributed by atoms with Gasteiger partial charge in [0.05, 0.1) is 37.9 Å². The molecular formula is C24H47N3O13. The van der Waals surface area contributed by atoms with Gasteiger partial charge in [-0.3, -0.25) is 0 Å². The van der Waals surface area contributed by atoms with Crippen molar-refractivity contribution >= 4 is 0 Å². The zero-order valence-corrected chi connectivity index (χ0v) is 22.8. The fourth-order valence-corrected chi connectivity index (χ4v) is 5.91. The lowest BCUT2D eigenvalue weighted by molar-refractivity contribution is -0.378. The molecule has 0 bridgehead atoms. The molecule has 14 N–H and O–H groups in total. The minimum Gasteiger partial charge on any atom is -0.394 e. The summed E-state index contributed by atoms with van der Waals surface area (Å²) < 4.78 is 28.7. The summed E-state index contributed by atoms with van der Waals surface area (Å²) in [6, 6.07) is -3.94. The number of aliphatic hydroxyl groups is 8. The standard InChI is InChI=1S/C24H47N3O13/c1-3-5-23(9-30)24(35,6-4-2)19(33)14(27)22(40-23)39-18-11(8-29)37-21(13(26)16(18)32)38-17-10(7-28)36-20(34)12(25)15(17)31/h10-22,28-35H,3-9,25-27H2,1-2H3/t10-,11-,12-,13-,14-,15-,16-,17?,18?,19-,20-,21+,22+,23-,24+/m1/s1. The first kappa shape index (κ1) is 33.9. The molecule has 15 atom stereocenters. The van der Waals surface area contributed by atoms with E-state index in [0.717, 1.165) is 0 Å². The van der Waals surface area contributed by atoms with E-state index in [2.05, 4.69) is 0 Å². The lowest BCUT2D eigenvalue weighted by atomic mass is 9.69. The van der Waals surface area contributed by atoms with E-state index in [0.29, 0.717) is 12.8 Å². The van der Waals surface area contributed by atoms with Gasteiger partial charge in [-0.1, -0.05) is 26.7 Å². The minimum absolute atomic E-state index is 0.0831. The molecule has 0 spiro atoms. The first-order chi connectivity index (χ1) is 18.9. The molecule has 2 unspecified atom stereocenters. The number of ether oxygens (including phenoxy) is 5. The van der Waals surface area contributed by atoms with Gasteiger partial charge in [0.2, 0.25) is 0 Å². The van der Waals surface area contributed by atoms with Crippen molar-refractivity contribution in [3.05, 3.63) is 0 Å². The summed E-state index contributed by atoms with van der Waals surface area (Å²) in [7, 11) is 0. The zero-order valence-electron chi connectivity index (χ0n) is 22.8. The van der Waals surface area contributed by atoms with Gasteiger partial charge in [0.25, 0.3) is 0 Å². The molecule has 0 aromatic carbocycles. The number of hydrogen-bond donors (Lipinski definition) is 11. The molecule has 3 rings (SSSR count). The van der Waals surface area contributed by atoms with Gasteiger partial charge in [-0.2, -0.15) is 0 Å². The number of aliphatic hydroxyl groups excluding tert-OH is 7. The van der Waals surface area contributed by atoms with Crippen LogP contribution < -0.4 is 17.2 Å².